The van der Waals surface area contributed by atoms with E-state index < -0.39 is 0 Å². The minimum Gasteiger partial charge on any atom is -0.269 e. The summed E-state index contributed by atoms with van der Waals surface area (Å²) < 4.78 is 0. The van der Waals surface area contributed by atoms with Crippen molar-refractivity contribution in [3.8, 4) is 0 Å². The van der Waals surface area contributed by atoms with Crippen LogP contribution in [0.15, 0.2) is 0 Å². The number of nitrogens with zero attached hydrogens (tertiary/aromatic N) is 1. The first-order chi connectivity index (χ1) is 2.80. The Hall–Kier alpha value is -0.0800. The molecular weight excluding hydrogens is 76.1 g/mol. The molecule has 6 heavy (non-hydrogen) atoms. The van der Waals surface area contributed by atoms with Crippen LogP contribution in [0.2, 0.25) is 0 Å². The average molecular weight is 86.1 g/mol. The molecule has 0 aromatic rings. The molecule has 36 valence electrons. The van der Waals surface area contributed by atoms with E-state index in [0.717, 1.165) is 6.54 Å². The zero-order chi connectivity index (χ0) is 4.57. The standard InChI is InChI=1S/C4H10N2/c1-4-2-3-6(4)5/h4H,2-3,5H2,1H3/t4-/m0/s1. The van der Waals surface area contributed by atoms with Crippen LogP contribution >= 0.6 is 0 Å². The summed E-state index contributed by atoms with van der Waals surface area (Å²) in [5, 5.41) is 1.85. The van der Waals surface area contributed by atoms with E-state index in [9.17, 15) is 0 Å². The van der Waals surface area contributed by atoms with E-state index in [1.165, 1.54) is 6.42 Å². The van der Waals surface area contributed by atoms with Gasteiger partial charge >= 0.3 is 0 Å². The van der Waals surface area contributed by atoms with Gasteiger partial charge in [0.1, 0.15) is 0 Å². The lowest BCUT2D eigenvalue weighted by Crippen LogP contribution is -2.50. The van der Waals surface area contributed by atoms with Crippen LogP contribution in [0.5, 0.6) is 0 Å². The summed E-state index contributed by atoms with van der Waals surface area (Å²) in [6.07, 6.45) is 1.27. The van der Waals surface area contributed by atoms with Gasteiger partial charge in [-0.15, -0.1) is 0 Å². The summed E-state index contributed by atoms with van der Waals surface area (Å²) in [6.45, 7) is 3.21. The fourth-order valence-corrected chi connectivity index (χ4v) is 0.536. The molecule has 0 aromatic carbocycles. The Morgan fingerprint density at radius 2 is 2.33 bits per heavy atom. The Morgan fingerprint density at radius 3 is 2.33 bits per heavy atom. The van der Waals surface area contributed by atoms with Crippen molar-refractivity contribution in [2.24, 2.45) is 5.84 Å². The quantitative estimate of drug-likeness (QED) is 0.419. The molecule has 1 aliphatic heterocycles. The lowest BCUT2D eigenvalue weighted by atomic mass is 10.1. The van der Waals surface area contributed by atoms with Gasteiger partial charge in [0, 0.05) is 12.6 Å². The van der Waals surface area contributed by atoms with Gasteiger partial charge in [-0.1, -0.05) is 0 Å². The van der Waals surface area contributed by atoms with Gasteiger partial charge in [-0.3, -0.25) is 5.84 Å². The second kappa shape index (κ2) is 1.21. The molecule has 0 spiro atoms. The van der Waals surface area contributed by atoms with Crippen LogP contribution in [0.25, 0.3) is 0 Å². The Labute approximate surface area is 37.9 Å². The molecule has 1 fully saturated rings. The van der Waals surface area contributed by atoms with Crippen LogP contribution < -0.4 is 5.84 Å². The minimum atomic E-state index is 0.644. The van der Waals surface area contributed by atoms with Crippen LogP contribution in [0.1, 0.15) is 13.3 Å². The van der Waals surface area contributed by atoms with Crippen molar-refractivity contribution in [1.82, 2.24) is 5.01 Å². The first-order valence-corrected chi connectivity index (χ1v) is 2.32. The molecule has 0 unspecified atom stereocenters. The molecular formula is C4H10N2. The third-order valence-corrected chi connectivity index (χ3v) is 1.37. The largest absolute Gasteiger partial charge is 0.269 e. The number of hydrogen-bond acceptors (Lipinski definition) is 2. The van der Waals surface area contributed by atoms with Gasteiger partial charge in [-0.2, -0.15) is 0 Å². The maximum Gasteiger partial charge on any atom is 0.0225 e. The molecule has 2 nitrogen and oxygen atoms in total. The molecule has 0 amide bonds. The van der Waals surface area contributed by atoms with E-state index in [0.29, 0.717) is 6.04 Å². The smallest absolute Gasteiger partial charge is 0.0225 e. The first-order valence-electron chi connectivity index (χ1n) is 2.32. The number of rotatable bonds is 0. The van der Waals surface area contributed by atoms with Crippen molar-refractivity contribution in [1.29, 1.82) is 0 Å². The number of hydrazine groups is 1. The minimum absolute atomic E-state index is 0.644. The lowest BCUT2D eigenvalue weighted by molar-refractivity contribution is 0.106. The molecule has 2 heteroatoms. The van der Waals surface area contributed by atoms with Gasteiger partial charge in [0.2, 0.25) is 0 Å². The van der Waals surface area contributed by atoms with Crippen molar-refractivity contribution in [2.75, 3.05) is 6.54 Å². The summed E-state index contributed by atoms with van der Waals surface area (Å²) in [6, 6.07) is 0.644. The Morgan fingerprint density at radius 1 is 1.83 bits per heavy atom. The fraction of sp³-hybridized carbons (Fsp3) is 1.00. The second-order valence-corrected chi connectivity index (χ2v) is 1.88. The topological polar surface area (TPSA) is 29.3 Å². The van der Waals surface area contributed by atoms with E-state index in [4.69, 9.17) is 5.84 Å². The maximum absolute atomic E-state index is 5.36. The van der Waals surface area contributed by atoms with E-state index in [1.807, 2.05) is 5.01 Å². The number of hydrogen-bond donors (Lipinski definition) is 1. The predicted octanol–water partition coefficient (Wildman–Crippen LogP) is -0.0457. The van der Waals surface area contributed by atoms with E-state index in [1.54, 1.807) is 0 Å². The maximum atomic E-state index is 5.36. The van der Waals surface area contributed by atoms with Gasteiger partial charge in [-0.05, 0) is 13.3 Å². The monoisotopic (exact) mass is 86.1 g/mol. The summed E-state index contributed by atoms with van der Waals surface area (Å²) in [5.41, 5.74) is 0. The van der Waals surface area contributed by atoms with Crippen LogP contribution in [0.4, 0.5) is 0 Å². The van der Waals surface area contributed by atoms with Gasteiger partial charge in [0.05, 0.1) is 0 Å². The molecule has 0 bridgehead atoms. The molecule has 1 saturated heterocycles. The molecule has 0 aliphatic carbocycles. The van der Waals surface area contributed by atoms with Crippen LogP contribution in [0, 0.1) is 0 Å². The van der Waals surface area contributed by atoms with Crippen molar-refractivity contribution < 1.29 is 0 Å². The predicted molar refractivity (Wildman–Crippen MR) is 25.0 cm³/mol. The highest BCUT2D eigenvalue weighted by Crippen LogP contribution is 2.08. The Kier molecular flexibility index (Phi) is 0.821. The molecule has 1 heterocycles. The van der Waals surface area contributed by atoms with Crippen molar-refractivity contribution >= 4 is 0 Å². The third kappa shape index (κ3) is 0.420. The second-order valence-electron chi connectivity index (χ2n) is 1.88. The van der Waals surface area contributed by atoms with Gasteiger partial charge in [-0.25, -0.2) is 5.01 Å². The molecule has 1 rings (SSSR count). The highest BCUT2D eigenvalue weighted by atomic mass is 15.4. The van der Waals surface area contributed by atoms with Gasteiger partial charge < -0.3 is 0 Å². The highest BCUT2D eigenvalue weighted by molar-refractivity contribution is 4.71. The molecule has 1 aliphatic rings. The summed E-state index contributed by atoms with van der Waals surface area (Å²) in [4.78, 5) is 0. The van der Waals surface area contributed by atoms with Crippen LogP contribution in [0.3, 0.4) is 0 Å². The lowest BCUT2D eigenvalue weighted by Gasteiger charge is -2.33. The van der Waals surface area contributed by atoms with Crippen molar-refractivity contribution in [3.05, 3.63) is 0 Å². The van der Waals surface area contributed by atoms with E-state index in [-0.39, 0.29) is 0 Å². The molecule has 1 atom stereocenters. The summed E-state index contributed by atoms with van der Waals surface area (Å²) >= 11 is 0. The van der Waals surface area contributed by atoms with Crippen molar-refractivity contribution in [2.45, 2.75) is 19.4 Å². The Bertz CT molecular complexity index is 45.5. The highest BCUT2D eigenvalue weighted by Gasteiger charge is 2.18. The van der Waals surface area contributed by atoms with Crippen LogP contribution in [-0.2, 0) is 0 Å². The van der Waals surface area contributed by atoms with Crippen LogP contribution in [-0.4, -0.2) is 17.6 Å². The third-order valence-electron chi connectivity index (χ3n) is 1.37. The zero-order valence-electron chi connectivity index (χ0n) is 4.02. The molecule has 0 aromatic heterocycles. The fourth-order valence-electron chi connectivity index (χ4n) is 0.536. The first kappa shape index (κ1) is 4.09. The SMILES string of the molecule is C[C@H]1CCN1N. The summed E-state index contributed by atoms with van der Waals surface area (Å²) in [5.74, 6) is 5.36. The zero-order valence-corrected chi connectivity index (χ0v) is 4.02. The number of nitrogens with two attached hydrogens (primary N) is 1. The molecule has 0 radical (unpaired) electrons. The van der Waals surface area contributed by atoms with E-state index in [2.05, 4.69) is 6.92 Å². The van der Waals surface area contributed by atoms with Gasteiger partial charge in [0.15, 0.2) is 0 Å². The summed E-state index contributed by atoms with van der Waals surface area (Å²) in [7, 11) is 0. The van der Waals surface area contributed by atoms with E-state index >= 15 is 0 Å². The molecule has 0 saturated carbocycles. The average Bonchev–Trinajstić information content (AvgIpc) is 1.61. The Balaban J connectivity index is 2.20. The van der Waals surface area contributed by atoms with Gasteiger partial charge in [0.25, 0.3) is 0 Å². The normalized spacial score (nSPS) is 36.0. The molecule has 2 N–H and O–H groups in total. The van der Waals surface area contributed by atoms with Crippen molar-refractivity contribution in [3.63, 3.8) is 0 Å².